The van der Waals surface area contributed by atoms with E-state index in [1.807, 2.05) is 0 Å². The van der Waals surface area contributed by atoms with Crippen LogP contribution in [0.25, 0.3) is 0 Å². The van der Waals surface area contributed by atoms with Gasteiger partial charge in [-0.15, -0.1) is 0 Å². The number of ether oxygens (including phenoxy) is 2. The van der Waals surface area contributed by atoms with Gasteiger partial charge in [0.2, 0.25) is 0 Å². The second-order valence-corrected chi connectivity index (χ2v) is 4.84. The lowest BCUT2D eigenvalue weighted by Crippen LogP contribution is -2.31. The van der Waals surface area contributed by atoms with Crippen molar-refractivity contribution in [1.82, 2.24) is 0 Å². The van der Waals surface area contributed by atoms with Gasteiger partial charge in [0.05, 0.1) is 12.1 Å². The van der Waals surface area contributed by atoms with E-state index >= 15 is 0 Å². The Balaban J connectivity index is 1.81. The number of aliphatic imine (C=N–C) groups is 1. The molecule has 3 rings (SSSR count). The quantitative estimate of drug-likeness (QED) is 0.655. The van der Waals surface area contributed by atoms with E-state index in [1.165, 1.54) is 0 Å². The normalized spacial score (nSPS) is 47.3. The SMILES string of the molecule is C=NC1CC(O)C2OC3(CCCC3)OC12. The van der Waals surface area contributed by atoms with Gasteiger partial charge in [-0.05, 0) is 19.6 Å². The van der Waals surface area contributed by atoms with Crippen LogP contribution in [-0.2, 0) is 9.47 Å². The van der Waals surface area contributed by atoms with Crippen molar-refractivity contribution < 1.29 is 14.6 Å². The third kappa shape index (κ3) is 1.35. The minimum absolute atomic E-state index is 0.00461. The first-order chi connectivity index (χ1) is 7.24. The number of hydrogen-bond donors (Lipinski definition) is 1. The number of hydrogen-bond acceptors (Lipinski definition) is 4. The lowest BCUT2D eigenvalue weighted by atomic mass is 10.2. The molecule has 4 nitrogen and oxygen atoms in total. The van der Waals surface area contributed by atoms with Gasteiger partial charge in [-0.25, -0.2) is 0 Å². The van der Waals surface area contributed by atoms with Crippen LogP contribution in [0.1, 0.15) is 32.1 Å². The Hall–Kier alpha value is -0.450. The number of nitrogens with zero attached hydrogens (tertiary/aromatic N) is 1. The Labute approximate surface area is 89.3 Å². The third-order valence-corrected chi connectivity index (χ3v) is 3.87. The van der Waals surface area contributed by atoms with Gasteiger partial charge >= 0.3 is 0 Å². The first kappa shape index (κ1) is 9.75. The van der Waals surface area contributed by atoms with Crippen LogP contribution < -0.4 is 0 Å². The monoisotopic (exact) mass is 211 g/mol. The van der Waals surface area contributed by atoms with Crippen molar-refractivity contribution in [3.8, 4) is 0 Å². The maximum atomic E-state index is 9.85. The second kappa shape index (κ2) is 3.27. The Kier molecular flexibility index (Phi) is 2.13. The maximum Gasteiger partial charge on any atom is 0.169 e. The van der Waals surface area contributed by atoms with E-state index in [0.717, 1.165) is 25.7 Å². The average Bonchev–Trinajstić information content (AvgIpc) is 2.88. The molecule has 3 fully saturated rings. The van der Waals surface area contributed by atoms with Crippen LogP contribution in [0.15, 0.2) is 4.99 Å². The average molecular weight is 211 g/mol. The Morgan fingerprint density at radius 2 is 1.87 bits per heavy atom. The molecular weight excluding hydrogens is 194 g/mol. The molecule has 1 spiro atoms. The van der Waals surface area contributed by atoms with Crippen molar-refractivity contribution in [1.29, 1.82) is 0 Å². The van der Waals surface area contributed by atoms with Gasteiger partial charge in [0.1, 0.15) is 12.2 Å². The zero-order valence-electron chi connectivity index (χ0n) is 8.76. The zero-order chi connectivity index (χ0) is 10.5. The summed E-state index contributed by atoms with van der Waals surface area (Å²) < 4.78 is 11.9. The van der Waals surface area contributed by atoms with Crippen molar-refractivity contribution in [2.24, 2.45) is 4.99 Å². The van der Waals surface area contributed by atoms with Gasteiger partial charge < -0.3 is 14.6 Å². The van der Waals surface area contributed by atoms with E-state index < -0.39 is 11.9 Å². The Bertz CT molecular complexity index is 275. The van der Waals surface area contributed by atoms with E-state index in [4.69, 9.17) is 9.47 Å². The van der Waals surface area contributed by atoms with Crippen LogP contribution in [-0.4, -0.2) is 42.0 Å². The molecule has 4 atom stereocenters. The van der Waals surface area contributed by atoms with Crippen molar-refractivity contribution in [2.75, 3.05) is 0 Å². The molecule has 4 heteroatoms. The molecule has 1 heterocycles. The molecule has 4 unspecified atom stereocenters. The highest BCUT2D eigenvalue weighted by molar-refractivity contribution is 5.25. The molecule has 2 saturated carbocycles. The zero-order valence-corrected chi connectivity index (χ0v) is 8.76. The molecule has 0 aromatic carbocycles. The fourth-order valence-corrected chi connectivity index (χ4v) is 3.10. The van der Waals surface area contributed by atoms with E-state index in [0.29, 0.717) is 6.42 Å². The molecule has 2 aliphatic carbocycles. The lowest BCUT2D eigenvalue weighted by molar-refractivity contribution is -0.183. The van der Waals surface area contributed by atoms with Gasteiger partial charge in [0.25, 0.3) is 0 Å². The summed E-state index contributed by atoms with van der Waals surface area (Å²) in [6.07, 6.45) is 4.14. The highest BCUT2D eigenvalue weighted by Crippen LogP contribution is 2.47. The van der Waals surface area contributed by atoms with Gasteiger partial charge in [-0.2, -0.15) is 0 Å². The molecule has 1 N–H and O–H groups in total. The number of fused-ring (bicyclic) bond motifs is 1. The van der Waals surface area contributed by atoms with Crippen molar-refractivity contribution in [2.45, 2.75) is 62.2 Å². The van der Waals surface area contributed by atoms with E-state index in [9.17, 15) is 5.11 Å². The molecule has 0 aromatic rings. The molecule has 1 saturated heterocycles. The molecule has 0 bridgehead atoms. The summed E-state index contributed by atoms with van der Waals surface area (Å²) in [5, 5.41) is 9.85. The first-order valence-corrected chi connectivity index (χ1v) is 5.74. The molecule has 0 radical (unpaired) electrons. The molecule has 0 amide bonds. The maximum absolute atomic E-state index is 9.85. The standard InChI is InChI=1S/C11H17NO3/c1-12-7-6-8(13)10-9(7)14-11(15-10)4-2-3-5-11/h7-10,13H,1-6H2. The highest BCUT2D eigenvalue weighted by Gasteiger charge is 2.57. The Morgan fingerprint density at radius 1 is 1.20 bits per heavy atom. The van der Waals surface area contributed by atoms with Crippen LogP contribution in [0.2, 0.25) is 0 Å². The van der Waals surface area contributed by atoms with Crippen molar-refractivity contribution in [3.05, 3.63) is 0 Å². The van der Waals surface area contributed by atoms with Gasteiger partial charge in [0.15, 0.2) is 5.79 Å². The summed E-state index contributed by atoms with van der Waals surface area (Å²) in [4.78, 5) is 4.02. The summed E-state index contributed by atoms with van der Waals surface area (Å²) >= 11 is 0. The summed E-state index contributed by atoms with van der Waals surface area (Å²) in [5.41, 5.74) is 0. The highest BCUT2D eigenvalue weighted by atomic mass is 16.8. The summed E-state index contributed by atoms with van der Waals surface area (Å²) in [6.45, 7) is 3.56. The third-order valence-electron chi connectivity index (χ3n) is 3.87. The van der Waals surface area contributed by atoms with Crippen molar-refractivity contribution >= 4 is 6.72 Å². The minimum atomic E-state index is -0.439. The van der Waals surface area contributed by atoms with Gasteiger partial charge in [0, 0.05) is 19.3 Å². The molecule has 1 aliphatic heterocycles. The second-order valence-electron chi connectivity index (χ2n) is 4.84. The number of aliphatic hydroxyl groups excluding tert-OH is 1. The molecule has 84 valence electrons. The van der Waals surface area contributed by atoms with Crippen LogP contribution in [0, 0.1) is 0 Å². The van der Waals surface area contributed by atoms with Gasteiger partial charge in [-0.1, -0.05) is 0 Å². The van der Waals surface area contributed by atoms with E-state index in [2.05, 4.69) is 11.7 Å². The van der Waals surface area contributed by atoms with E-state index in [-0.39, 0.29) is 18.2 Å². The summed E-state index contributed by atoms with van der Waals surface area (Å²) in [7, 11) is 0. The first-order valence-electron chi connectivity index (χ1n) is 5.74. The molecular formula is C11H17NO3. The van der Waals surface area contributed by atoms with Crippen LogP contribution in [0.5, 0.6) is 0 Å². The van der Waals surface area contributed by atoms with E-state index in [1.54, 1.807) is 0 Å². The fourth-order valence-electron chi connectivity index (χ4n) is 3.10. The lowest BCUT2D eigenvalue weighted by Gasteiger charge is -2.24. The fraction of sp³-hybridized carbons (Fsp3) is 0.909. The molecule has 0 aromatic heterocycles. The predicted octanol–water partition coefficient (Wildman–Crippen LogP) is 0.874. The van der Waals surface area contributed by atoms with Crippen LogP contribution in [0.4, 0.5) is 0 Å². The minimum Gasteiger partial charge on any atom is -0.390 e. The summed E-state index contributed by atoms with van der Waals surface area (Å²) in [6, 6.07) is 0.00461. The number of aliphatic hydroxyl groups is 1. The predicted molar refractivity (Wildman–Crippen MR) is 54.9 cm³/mol. The Morgan fingerprint density at radius 3 is 2.53 bits per heavy atom. The largest absolute Gasteiger partial charge is 0.390 e. The topological polar surface area (TPSA) is 51.1 Å². The van der Waals surface area contributed by atoms with Crippen molar-refractivity contribution in [3.63, 3.8) is 0 Å². The number of rotatable bonds is 1. The summed E-state index contributed by atoms with van der Waals surface area (Å²) in [5.74, 6) is -0.403. The van der Waals surface area contributed by atoms with Crippen LogP contribution in [0.3, 0.4) is 0 Å². The smallest absolute Gasteiger partial charge is 0.169 e. The molecule has 15 heavy (non-hydrogen) atoms. The van der Waals surface area contributed by atoms with Gasteiger partial charge in [-0.3, -0.25) is 4.99 Å². The molecule has 3 aliphatic rings. The van der Waals surface area contributed by atoms with Crippen LogP contribution >= 0.6 is 0 Å².